The monoisotopic (exact) mass is 350 g/mol. The van der Waals surface area contributed by atoms with E-state index in [-0.39, 0.29) is 11.2 Å². The molecule has 0 saturated carbocycles. The van der Waals surface area contributed by atoms with Crippen LogP contribution in [0.2, 0.25) is 0 Å². The number of ether oxygens (including phenoxy) is 1. The van der Waals surface area contributed by atoms with Crippen molar-refractivity contribution in [1.29, 1.82) is 0 Å². The van der Waals surface area contributed by atoms with E-state index in [0.29, 0.717) is 12.6 Å². The van der Waals surface area contributed by atoms with Crippen LogP contribution < -0.4 is 4.74 Å². The third-order valence-electron chi connectivity index (χ3n) is 6.07. The summed E-state index contributed by atoms with van der Waals surface area (Å²) < 4.78 is 32.1. The van der Waals surface area contributed by atoms with Gasteiger partial charge in [0.05, 0.1) is 11.9 Å². The third-order valence-corrected chi connectivity index (χ3v) is 8.48. The molecule has 132 valence electrons. The van der Waals surface area contributed by atoms with Gasteiger partial charge in [-0.25, -0.2) is 12.7 Å². The molecule has 0 N–H and O–H groups in total. The molecule has 6 heteroatoms. The predicted molar refractivity (Wildman–Crippen MR) is 93.7 cm³/mol. The van der Waals surface area contributed by atoms with Crippen LogP contribution >= 0.6 is 0 Å². The van der Waals surface area contributed by atoms with Gasteiger partial charge in [0.15, 0.2) is 0 Å². The summed E-state index contributed by atoms with van der Waals surface area (Å²) in [4.78, 5) is 2.44. The van der Waals surface area contributed by atoms with Gasteiger partial charge in [0.2, 0.25) is 10.0 Å². The fourth-order valence-electron chi connectivity index (χ4n) is 4.47. The van der Waals surface area contributed by atoms with E-state index in [4.69, 9.17) is 4.74 Å². The van der Waals surface area contributed by atoms with Crippen molar-refractivity contribution in [3.05, 3.63) is 29.3 Å². The first kappa shape index (κ1) is 16.4. The molecule has 3 heterocycles. The van der Waals surface area contributed by atoms with Gasteiger partial charge >= 0.3 is 0 Å². The molecule has 3 unspecified atom stereocenters. The standard InChI is InChI=1S/C18H26N2O3S/c1-13(15-4-3-14-7-10-23-17(14)11-15)20-8-5-16-12-19(2)24(21,22)18(16)6-9-20/h3-4,11,13,16,18H,5-10,12H2,1-2H3. The van der Waals surface area contributed by atoms with E-state index < -0.39 is 10.0 Å². The molecule has 0 spiro atoms. The van der Waals surface area contributed by atoms with Crippen LogP contribution in [0.1, 0.15) is 36.9 Å². The van der Waals surface area contributed by atoms with Crippen molar-refractivity contribution in [2.24, 2.45) is 5.92 Å². The van der Waals surface area contributed by atoms with Gasteiger partial charge in [-0.3, -0.25) is 4.90 Å². The largest absolute Gasteiger partial charge is 0.493 e. The maximum Gasteiger partial charge on any atom is 0.217 e. The van der Waals surface area contributed by atoms with Crippen LogP contribution in [0.3, 0.4) is 0 Å². The van der Waals surface area contributed by atoms with Gasteiger partial charge in [0.25, 0.3) is 0 Å². The molecule has 0 aromatic heterocycles. The van der Waals surface area contributed by atoms with Gasteiger partial charge in [-0.2, -0.15) is 0 Å². The van der Waals surface area contributed by atoms with Crippen LogP contribution in [0, 0.1) is 5.92 Å². The number of sulfonamides is 1. The smallest absolute Gasteiger partial charge is 0.217 e. The molecule has 3 atom stereocenters. The second-order valence-corrected chi connectivity index (χ2v) is 9.64. The minimum absolute atomic E-state index is 0.192. The molecule has 1 aromatic rings. The van der Waals surface area contributed by atoms with Crippen molar-refractivity contribution in [3.63, 3.8) is 0 Å². The Kier molecular flexibility index (Phi) is 4.09. The maximum atomic E-state index is 12.4. The number of likely N-dealkylation sites (tertiary alicyclic amines) is 1. The molecule has 24 heavy (non-hydrogen) atoms. The van der Waals surface area contributed by atoms with Crippen molar-refractivity contribution in [2.75, 3.05) is 33.3 Å². The number of rotatable bonds is 2. The van der Waals surface area contributed by atoms with E-state index in [2.05, 4.69) is 30.0 Å². The highest BCUT2D eigenvalue weighted by Crippen LogP contribution is 2.36. The number of nitrogens with zero attached hydrogens (tertiary/aromatic N) is 2. The highest BCUT2D eigenvalue weighted by Gasteiger charge is 2.45. The van der Waals surface area contributed by atoms with Crippen molar-refractivity contribution < 1.29 is 13.2 Å². The normalized spacial score (nSPS) is 31.1. The number of hydrogen-bond donors (Lipinski definition) is 0. The summed E-state index contributed by atoms with van der Waals surface area (Å²) in [5.74, 6) is 1.30. The zero-order chi connectivity index (χ0) is 16.9. The SMILES string of the molecule is CC(c1ccc2c(c1)OCC2)N1CCC2CN(C)S(=O)(=O)C2CC1. The van der Waals surface area contributed by atoms with Gasteiger partial charge < -0.3 is 4.74 Å². The fraction of sp³-hybridized carbons (Fsp3) is 0.667. The Morgan fingerprint density at radius 1 is 1.25 bits per heavy atom. The van der Waals surface area contributed by atoms with Crippen molar-refractivity contribution in [2.45, 2.75) is 37.5 Å². The van der Waals surface area contributed by atoms with E-state index in [1.807, 2.05) is 0 Å². The Labute approximate surface area is 144 Å². The van der Waals surface area contributed by atoms with Gasteiger partial charge in [-0.15, -0.1) is 0 Å². The minimum Gasteiger partial charge on any atom is -0.493 e. The lowest BCUT2D eigenvalue weighted by atomic mass is 10.0. The second kappa shape index (κ2) is 6.00. The van der Waals surface area contributed by atoms with Crippen LogP contribution in [0.15, 0.2) is 18.2 Å². The lowest BCUT2D eigenvalue weighted by molar-refractivity contribution is 0.214. The minimum atomic E-state index is -3.08. The Hall–Kier alpha value is -1.11. The maximum absolute atomic E-state index is 12.4. The Morgan fingerprint density at radius 2 is 2.04 bits per heavy atom. The molecular formula is C18H26N2O3S. The van der Waals surface area contributed by atoms with Gasteiger partial charge in [-0.05, 0) is 49.4 Å². The number of fused-ring (bicyclic) bond motifs is 2. The quantitative estimate of drug-likeness (QED) is 0.819. The molecule has 2 fully saturated rings. The van der Waals surface area contributed by atoms with Crippen LogP contribution in [-0.4, -0.2) is 56.2 Å². The summed E-state index contributed by atoms with van der Waals surface area (Å²) in [5, 5.41) is -0.192. The van der Waals surface area contributed by atoms with Gasteiger partial charge in [-0.1, -0.05) is 12.1 Å². The molecule has 4 rings (SSSR count). The molecule has 5 nitrogen and oxygen atoms in total. The summed E-state index contributed by atoms with van der Waals surface area (Å²) >= 11 is 0. The van der Waals surface area contributed by atoms with E-state index in [0.717, 1.165) is 44.7 Å². The molecule has 1 aromatic carbocycles. The molecule has 0 bridgehead atoms. The molecule has 0 radical (unpaired) electrons. The summed E-state index contributed by atoms with van der Waals surface area (Å²) in [6, 6.07) is 6.84. The average molecular weight is 350 g/mol. The summed E-state index contributed by atoms with van der Waals surface area (Å²) in [7, 11) is -1.37. The van der Waals surface area contributed by atoms with E-state index in [1.165, 1.54) is 11.1 Å². The Bertz CT molecular complexity index is 734. The lowest BCUT2D eigenvalue weighted by Crippen LogP contribution is -2.31. The first-order valence-corrected chi connectivity index (χ1v) is 10.4. The van der Waals surface area contributed by atoms with Crippen molar-refractivity contribution in [1.82, 2.24) is 9.21 Å². The summed E-state index contributed by atoms with van der Waals surface area (Å²) in [6.45, 7) is 5.49. The highest BCUT2D eigenvalue weighted by atomic mass is 32.2. The topological polar surface area (TPSA) is 49.9 Å². The Morgan fingerprint density at radius 3 is 2.88 bits per heavy atom. The first-order valence-electron chi connectivity index (χ1n) is 8.91. The average Bonchev–Trinajstić information content (AvgIpc) is 3.02. The third kappa shape index (κ3) is 2.65. The van der Waals surface area contributed by atoms with Crippen LogP contribution in [0.25, 0.3) is 0 Å². The van der Waals surface area contributed by atoms with E-state index in [1.54, 1.807) is 11.4 Å². The van der Waals surface area contributed by atoms with Crippen LogP contribution in [0.4, 0.5) is 0 Å². The fourth-order valence-corrected chi connectivity index (χ4v) is 6.44. The molecular weight excluding hydrogens is 324 g/mol. The molecule has 3 aliphatic rings. The number of benzene rings is 1. The molecule has 0 amide bonds. The van der Waals surface area contributed by atoms with Gasteiger partial charge in [0, 0.05) is 32.6 Å². The van der Waals surface area contributed by atoms with E-state index in [9.17, 15) is 8.42 Å². The lowest BCUT2D eigenvalue weighted by Gasteiger charge is -2.28. The molecule has 3 aliphatic heterocycles. The van der Waals surface area contributed by atoms with Crippen LogP contribution in [0.5, 0.6) is 5.75 Å². The zero-order valence-corrected chi connectivity index (χ0v) is 15.3. The molecule has 0 aliphatic carbocycles. The van der Waals surface area contributed by atoms with Crippen molar-refractivity contribution >= 4 is 10.0 Å². The number of hydrogen-bond acceptors (Lipinski definition) is 4. The highest BCUT2D eigenvalue weighted by molar-refractivity contribution is 7.90. The first-order chi connectivity index (χ1) is 11.5. The van der Waals surface area contributed by atoms with Gasteiger partial charge in [0.1, 0.15) is 5.75 Å². The second-order valence-electron chi connectivity index (χ2n) is 7.38. The van der Waals surface area contributed by atoms with Crippen LogP contribution in [-0.2, 0) is 16.4 Å². The van der Waals surface area contributed by atoms with Crippen molar-refractivity contribution in [3.8, 4) is 5.75 Å². The summed E-state index contributed by atoms with van der Waals surface area (Å²) in [5.41, 5.74) is 2.56. The molecule has 2 saturated heterocycles. The predicted octanol–water partition coefficient (Wildman–Crippen LogP) is 2.04. The zero-order valence-electron chi connectivity index (χ0n) is 14.4. The Balaban J connectivity index is 1.50. The van der Waals surface area contributed by atoms with E-state index >= 15 is 0 Å². The summed E-state index contributed by atoms with van der Waals surface area (Å²) in [6.07, 6.45) is 2.70.